The van der Waals surface area contributed by atoms with Crippen LogP contribution in [0.3, 0.4) is 0 Å². The maximum absolute atomic E-state index is 3.97. The van der Waals surface area contributed by atoms with E-state index in [2.05, 4.69) is 16.6 Å². The Kier molecular flexibility index (Phi) is 1.70. The maximum atomic E-state index is 3.97. The summed E-state index contributed by atoms with van der Waals surface area (Å²) in [7, 11) is 1.44. The fourth-order valence-corrected chi connectivity index (χ4v) is 0.956. The zero-order chi connectivity index (χ0) is 5.11. The van der Waals surface area contributed by atoms with Crippen LogP contribution in [-0.4, -0.2) is 4.98 Å². The van der Waals surface area contributed by atoms with Crippen molar-refractivity contribution in [3.63, 3.8) is 0 Å². The van der Waals surface area contributed by atoms with E-state index in [0.29, 0.717) is 0 Å². The molecule has 0 aliphatic heterocycles. The molecular weight excluding hydrogens is 126 g/mol. The lowest BCUT2D eigenvalue weighted by Gasteiger charge is -1.77. The van der Waals surface area contributed by atoms with Gasteiger partial charge in [-0.2, -0.15) is 0 Å². The van der Waals surface area contributed by atoms with E-state index in [1.807, 2.05) is 18.5 Å². The van der Waals surface area contributed by atoms with Crippen molar-refractivity contribution in [1.29, 1.82) is 0 Å². The van der Waals surface area contributed by atoms with Gasteiger partial charge in [-0.25, -0.2) is 0 Å². The van der Waals surface area contributed by atoms with Gasteiger partial charge in [-0.3, -0.25) is 0 Å². The summed E-state index contributed by atoms with van der Waals surface area (Å²) in [5.41, 5.74) is 0. The van der Waals surface area contributed by atoms with Crippen LogP contribution in [0.4, 0.5) is 0 Å². The third kappa shape index (κ3) is 1.17. The quantitative estimate of drug-likeness (QED) is 0.439. The summed E-state index contributed by atoms with van der Waals surface area (Å²) in [6.07, 6.45) is 3.77. The second-order valence-electron chi connectivity index (χ2n) is 1.14. The topological polar surface area (TPSA) is 15.8 Å². The van der Waals surface area contributed by atoms with Crippen LogP contribution in [0.2, 0.25) is 0 Å². The van der Waals surface area contributed by atoms with E-state index < -0.39 is 0 Å². The van der Waals surface area contributed by atoms with Crippen molar-refractivity contribution in [2.45, 2.75) is 4.90 Å². The van der Waals surface area contributed by atoms with Crippen LogP contribution >= 0.6 is 22.5 Å². The summed E-state index contributed by atoms with van der Waals surface area (Å²) in [4.78, 5) is 4.07. The SMILES string of the molecule is SSc1cc[nH]c1. The van der Waals surface area contributed by atoms with Gasteiger partial charge in [0.1, 0.15) is 0 Å². The monoisotopic (exact) mass is 131 g/mol. The molecule has 0 aliphatic rings. The van der Waals surface area contributed by atoms with Gasteiger partial charge in [0, 0.05) is 17.3 Å². The Morgan fingerprint density at radius 1 is 1.71 bits per heavy atom. The minimum absolute atomic E-state index is 1.16. The van der Waals surface area contributed by atoms with Crippen molar-refractivity contribution >= 4 is 22.5 Å². The van der Waals surface area contributed by atoms with Crippen LogP contribution in [-0.2, 0) is 0 Å². The van der Waals surface area contributed by atoms with Gasteiger partial charge in [-0.05, 0) is 6.07 Å². The van der Waals surface area contributed by atoms with Crippen LogP contribution in [0.5, 0.6) is 0 Å². The fraction of sp³-hybridized carbons (Fsp3) is 0. The molecule has 1 N–H and O–H groups in total. The Morgan fingerprint density at radius 3 is 2.86 bits per heavy atom. The minimum atomic E-state index is 1.16. The molecule has 0 saturated carbocycles. The number of aromatic amines is 1. The first-order chi connectivity index (χ1) is 3.43. The second kappa shape index (κ2) is 2.33. The van der Waals surface area contributed by atoms with Gasteiger partial charge in [0.2, 0.25) is 0 Å². The highest BCUT2D eigenvalue weighted by Gasteiger charge is 1.83. The molecule has 0 saturated heterocycles. The first-order valence-corrected chi connectivity index (χ1v) is 3.74. The van der Waals surface area contributed by atoms with Gasteiger partial charge in [0.15, 0.2) is 0 Å². The van der Waals surface area contributed by atoms with Crippen LogP contribution < -0.4 is 0 Å². The Bertz CT molecular complexity index is 124. The average Bonchev–Trinajstić information content (AvgIpc) is 2.14. The predicted molar refractivity (Wildman–Crippen MR) is 35.6 cm³/mol. The van der Waals surface area contributed by atoms with Crippen molar-refractivity contribution in [2.24, 2.45) is 0 Å². The van der Waals surface area contributed by atoms with Gasteiger partial charge in [0.05, 0.1) is 0 Å². The fourth-order valence-electron chi connectivity index (χ4n) is 0.365. The lowest BCUT2D eigenvalue weighted by Crippen LogP contribution is -1.47. The molecule has 0 bridgehead atoms. The van der Waals surface area contributed by atoms with Gasteiger partial charge in [0.25, 0.3) is 0 Å². The van der Waals surface area contributed by atoms with Crippen LogP contribution in [0.15, 0.2) is 23.4 Å². The molecule has 0 atom stereocenters. The molecular formula is C4H5NS2. The Hall–Kier alpha value is -0.0200. The van der Waals surface area contributed by atoms with E-state index in [0.717, 1.165) is 4.90 Å². The van der Waals surface area contributed by atoms with Gasteiger partial charge < -0.3 is 4.98 Å². The zero-order valence-corrected chi connectivity index (χ0v) is 5.30. The van der Waals surface area contributed by atoms with Gasteiger partial charge in [-0.15, -0.1) is 11.7 Å². The van der Waals surface area contributed by atoms with Crippen LogP contribution in [0.25, 0.3) is 0 Å². The second-order valence-corrected chi connectivity index (χ2v) is 2.34. The molecule has 1 aromatic heterocycles. The maximum Gasteiger partial charge on any atom is 0.0354 e. The number of aromatic nitrogens is 1. The summed E-state index contributed by atoms with van der Waals surface area (Å²) < 4.78 is 0. The van der Waals surface area contributed by atoms with Crippen molar-refractivity contribution in [3.05, 3.63) is 18.5 Å². The molecule has 0 aromatic carbocycles. The normalized spacial score (nSPS) is 9.29. The molecule has 3 heteroatoms. The van der Waals surface area contributed by atoms with Gasteiger partial charge >= 0.3 is 0 Å². The molecule has 38 valence electrons. The highest BCUT2D eigenvalue weighted by atomic mass is 33.1. The number of H-pyrrole nitrogens is 1. The summed E-state index contributed by atoms with van der Waals surface area (Å²) in [5.74, 6) is 0. The summed E-state index contributed by atoms with van der Waals surface area (Å²) in [6, 6.07) is 1.97. The minimum Gasteiger partial charge on any atom is -0.367 e. The molecule has 0 spiro atoms. The van der Waals surface area contributed by atoms with E-state index in [1.54, 1.807) is 0 Å². The van der Waals surface area contributed by atoms with E-state index >= 15 is 0 Å². The Balaban J connectivity index is 2.76. The molecule has 0 unspecified atom stereocenters. The van der Waals surface area contributed by atoms with E-state index in [4.69, 9.17) is 0 Å². The molecule has 1 aromatic rings. The van der Waals surface area contributed by atoms with Crippen molar-refractivity contribution in [2.75, 3.05) is 0 Å². The number of thiol groups is 1. The molecule has 1 nitrogen and oxygen atoms in total. The highest BCUT2D eigenvalue weighted by molar-refractivity contribution is 8.68. The third-order valence-corrected chi connectivity index (χ3v) is 1.77. The smallest absolute Gasteiger partial charge is 0.0354 e. The number of hydrogen-bond donors (Lipinski definition) is 2. The number of hydrogen-bond acceptors (Lipinski definition) is 2. The van der Waals surface area contributed by atoms with Crippen molar-refractivity contribution < 1.29 is 0 Å². The first kappa shape index (κ1) is 5.12. The van der Waals surface area contributed by atoms with Crippen molar-refractivity contribution in [1.82, 2.24) is 4.98 Å². The summed E-state index contributed by atoms with van der Waals surface area (Å²) >= 11 is 3.97. The summed E-state index contributed by atoms with van der Waals surface area (Å²) in [5, 5.41) is 0. The van der Waals surface area contributed by atoms with Crippen LogP contribution in [0, 0.1) is 0 Å². The molecule has 0 radical (unpaired) electrons. The predicted octanol–water partition coefficient (Wildman–Crippen LogP) is 1.95. The number of nitrogens with one attached hydrogen (secondary N) is 1. The molecule has 7 heavy (non-hydrogen) atoms. The Labute approximate surface area is 51.3 Å². The van der Waals surface area contributed by atoms with E-state index in [1.165, 1.54) is 10.8 Å². The van der Waals surface area contributed by atoms with Crippen LogP contribution in [0.1, 0.15) is 0 Å². The molecule has 0 aliphatic carbocycles. The van der Waals surface area contributed by atoms with Crippen molar-refractivity contribution in [3.8, 4) is 0 Å². The molecule has 0 fully saturated rings. The standard InChI is InChI=1S/C4H5NS2/c6-7-4-1-2-5-3-4/h1-3,5-6H. The van der Waals surface area contributed by atoms with Gasteiger partial charge in [-0.1, -0.05) is 10.8 Å². The largest absolute Gasteiger partial charge is 0.367 e. The third-order valence-electron chi connectivity index (χ3n) is 0.675. The molecule has 1 heterocycles. The Morgan fingerprint density at radius 2 is 2.57 bits per heavy atom. The van der Waals surface area contributed by atoms with E-state index in [9.17, 15) is 0 Å². The van der Waals surface area contributed by atoms with E-state index in [-0.39, 0.29) is 0 Å². The molecule has 1 rings (SSSR count). The molecule has 0 amide bonds. The zero-order valence-electron chi connectivity index (χ0n) is 3.59. The first-order valence-electron chi connectivity index (χ1n) is 1.87. The summed E-state index contributed by atoms with van der Waals surface area (Å²) in [6.45, 7) is 0. The number of rotatable bonds is 1. The lowest BCUT2D eigenvalue weighted by molar-refractivity contribution is 1.38. The lowest BCUT2D eigenvalue weighted by atomic mass is 10.7. The highest BCUT2D eigenvalue weighted by Crippen LogP contribution is 2.18. The average molecular weight is 131 g/mol.